The Hall–Kier alpha value is -1.78. The van der Waals surface area contributed by atoms with Crippen molar-refractivity contribution >= 4 is 28.1 Å². The maximum Gasteiger partial charge on any atom is 0.204 e. The van der Waals surface area contributed by atoms with Gasteiger partial charge in [0, 0.05) is 21.9 Å². The van der Waals surface area contributed by atoms with E-state index in [2.05, 4.69) is 20.9 Å². The van der Waals surface area contributed by atoms with Gasteiger partial charge in [-0.2, -0.15) is 0 Å². The van der Waals surface area contributed by atoms with Crippen molar-refractivity contribution in [2.45, 2.75) is 0 Å². The molecule has 0 bridgehead atoms. The highest BCUT2D eigenvalue weighted by Gasteiger charge is 2.02. The largest absolute Gasteiger partial charge is 0.293 e. The van der Waals surface area contributed by atoms with Gasteiger partial charge in [-0.3, -0.25) is 4.57 Å². The Labute approximate surface area is 130 Å². The van der Waals surface area contributed by atoms with Crippen molar-refractivity contribution < 1.29 is 0 Å². The summed E-state index contributed by atoms with van der Waals surface area (Å²) in [5, 5.41) is 0. The predicted molar refractivity (Wildman–Crippen MR) is 87.5 cm³/mol. The monoisotopic (exact) mass is 342 g/mol. The van der Waals surface area contributed by atoms with E-state index >= 15 is 0 Å². The normalized spacial score (nSPS) is 10.4. The van der Waals surface area contributed by atoms with E-state index < -0.39 is 0 Å². The third-order valence-electron chi connectivity index (χ3n) is 2.96. The SMILES string of the molecule is S=c1nc(-c2ccccc2)ccn1-c1cccc(Br)c1. The lowest BCUT2D eigenvalue weighted by Crippen LogP contribution is -1.99. The van der Waals surface area contributed by atoms with Gasteiger partial charge in [-0.1, -0.05) is 52.3 Å². The first-order valence-electron chi connectivity index (χ1n) is 6.15. The Kier molecular flexibility index (Phi) is 3.76. The fourth-order valence-corrected chi connectivity index (χ4v) is 2.65. The number of rotatable bonds is 2. The van der Waals surface area contributed by atoms with Gasteiger partial charge in [0.1, 0.15) is 0 Å². The Balaban J connectivity index is 2.07. The fraction of sp³-hybridized carbons (Fsp3) is 0. The molecule has 20 heavy (non-hydrogen) atoms. The van der Waals surface area contributed by atoms with Crippen molar-refractivity contribution in [2.75, 3.05) is 0 Å². The van der Waals surface area contributed by atoms with Gasteiger partial charge >= 0.3 is 0 Å². The van der Waals surface area contributed by atoms with Crippen LogP contribution in [-0.4, -0.2) is 9.55 Å². The quantitative estimate of drug-likeness (QED) is 0.607. The van der Waals surface area contributed by atoms with Crippen molar-refractivity contribution in [1.29, 1.82) is 0 Å². The van der Waals surface area contributed by atoms with Crippen LogP contribution in [0.25, 0.3) is 16.9 Å². The minimum atomic E-state index is 0.546. The molecule has 0 spiro atoms. The van der Waals surface area contributed by atoms with Crippen LogP contribution >= 0.6 is 28.1 Å². The second-order valence-electron chi connectivity index (χ2n) is 4.31. The van der Waals surface area contributed by atoms with E-state index in [4.69, 9.17) is 12.2 Å². The van der Waals surface area contributed by atoms with Gasteiger partial charge in [-0.05, 0) is 36.5 Å². The van der Waals surface area contributed by atoms with Gasteiger partial charge < -0.3 is 0 Å². The molecule has 1 heterocycles. The summed E-state index contributed by atoms with van der Waals surface area (Å²) in [6, 6.07) is 20.0. The predicted octanol–water partition coefficient (Wildman–Crippen LogP) is 5.03. The number of aromatic nitrogens is 2. The van der Waals surface area contributed by atoms with Crippen LogP contribution in [0.15, 0.2) is 71.3 Å². The van der Waals surface area contributed by atoms with Gasteiger partial charge in [0.25, 0.3) is 0 Å². The molecule has 0 aliphatic heterocycles. The highest BCUT2D eigenvalue weighted by Crippen LogP contribution is 2.19. The first-order valence-corrected chi connectivity index (χ1v) is 7.35. The lowest BCUT2D eigenvalue weighted by Gasteiger charge is -2.08. The van der Waals surface area contributed by atoms with Crippen molar-refractivity contribution in [1.82, 2.24) is 9.55 Å². The molecule has 0 saturated carbocycles. The molecule has 0 fully saturated rings. The first-order chi connectivity index (χ1) is 9.74. The smallest absolute Gasteiger partial charge is 0.204 e. The topological polar surface area (TPSA) is 17.8 Å². The summed E-state index contributed by atoms with van der Waals surface area (Å²) in [6.45, 7) is 0. The first kappa shape index (κ1) is 13.2. The Morgan fingerprint density at radius 1 is 0.950 bits per heavy atom. The third kappa shape index (κ3) is 2.71. The van der Waals surface area contributed by atoms with E-state index in [1.165, 1.54) is 0 Å². The molecule has 4 heteroatoms. The van der Waals surface area contributed by atoms with E-state index in [9.17, 15) is 0 Å². The van der Waals surface area contributed by atoms with E-state index in [1.807, 2.05) is 71.4 Å². The van der Waals surface area contributed by atoms with E-state index in [0.29, 0.717) is 4.77 Å². The zero-order valence-corrected chi connectivity index (χ0v) is 12.9. The number of benzene rings is 2. The molecule has 0 atom stereocenters. The summed E-state index contributed by atoms with van der Waals surface area (Å²) in [5.74, 6) is 0. The molecule has 0 N–H and O–H groups in total. The van der Waals surface area contributed by atoms with Crippen molar-refractivity contribution in [2.24, 2.45) is 0 Å². The van der Waals surface area contributed by atoms with Crippen LogP contribution in [0.1, 0.15) is 0 Å². The van der Waals surface area contributed by atoms with Crippen molar-refractivity contribution in [3.05, 3.63) is 76.1 Å². The van der Waals surface area contributed by atoms with Crippen LogP contribution in [-0.2, 0) is 0 Å². The maximum absolute atomic E-state index is 5.40. The average molecular weight is 343 g/mol. The lowest BCUT2D eigenvalue weighted by atomic mass is 10.1. The fourth-order valence-electron chi connectivity index (χ4n) is 2.00. The molecule has 0 aliphatic rings. The average Bonchev–Trinajstić information content (AvgIpc) is 2.48. The third-order valence-corrected chi connectivity index (χ3v) is 3.74. The van der Waals surface area contributed by atoms with Gasteiger partial charge in [0.05, 0.1) is 5.69 Å². The zero-order chi connectivity index (χ0) is 13.9. The summed E-state index contributed by atoms with van der Waals surface area (Å²) in [5.41, 5.74) is 2.96. The molecular weight excluding hydrogens is 332 g/mol. The molecule has 3 aromatic rings. The molecule has 0 saturated heterocycles. The van der Waals surface area contributed by atoms with Crippen LogP contribution in [0.2, 0.25) is 0 Å². The molecule has 2 aromatic carbocycles. The van der Waals surface area contributed by atoms with Crippen LogP contribution < -0.4 is 0 Å². The summed E-state index contributed by atoms with van der Waals surface area (Å²) in [7, 11) is 0. The Morgan fingerprint density at radius 3 is 2.45 bits per heavy atom. The number of halogens is 1. The van der Waals surface area contributed by atoms with E-state index in [-0.39, 0.29) is 0 Å². The second-order valence-corrected chi connectivity index (χ2v) is 5.59. The highest BCUT2D eigenvalue weighted by atomic mass is 79.9. The van der Waals surface area contributed by atoms with Crippen LogP contribution in [0.4, 0.5) is 0 Å². The molecule has 0 radical (unpaired) electrons. The van der Waals surface area contributed by atoms with Crippen molar-refractivity contribution in [3.8, 4) is 16.9 Å². The standard InChI is InChI=1S/C16H11BrN2S/c17-13-7-4-8-14(11-13)19-10-9-15(18-16(19)20)12-5-2-1-3-6-12/h1-11H. The van der Waals surface area contributed by atoms with E-state index in [0.717, 1.165) is 21.4 Å². The molecule has 0 aliphatic carbocycles. The second kappa shape index (κ2) is 5.69. The van der Waals surface area contributed by atoms with E-state index in [1.54, 1.807) is 0 Å². The van der Waals surface area contributed by atoms with Crippen LogP contribution in [0.3, 0.4) is 0 Å². The molecule has 2 nitrogen and oxygen atoms in total. The molecule has 0 unspecified atom stereocenters. The van der Waals surface area contributed by atoms with Gasteiger partial charge in [0.2, 0.25) is 4.77 Å². The number of hydrogen-bond acceptors (Lipinski definition) is 2. The molecule has 3 rings (SSSR count). The maximum atomic E-state index is 5.40. The van der Waals surface area contributed by atoms with Crippen molar-refractivity contribution in [3.63, 3.8) is 0 Å². The van der Waals surface area contributed by atoms with Crippen LogP contribution in [0.5, 0.6) is 0 Å². The molecular formula is C16H11BrN2S. The van der Waals surface area contributed by atoms with Gasteiger partial charge in [-0.25, -0.2) is 4.98 Å². The van der Waals surface area contributed by atoms with Gasteiger partial charge in [-0.15, -0.1) is 0 Å². The molecule has 0 amide bonds. The summed E-state index contributed by atoms with van der Waals surface area (Å²) < 4.78 is 3.46. The van der Waals surface area contributed by atoms with Crippen LogP contribution in [0, 0.1) is 4.77 Å². The molecule has 98 valence electrons. The Morgan fingerprint density at radius 2 is 1.75 bits per heavy atom. The summed E-state index contributed by atoms with van der Waals surface area (Å²) in [6.07, 6.45) is 1.96. The lowest BCUT2D eigenvalue weighted by molar-refractivity contribution is 0.959. The minimum Gasteiger partial charge on any atom is -0.293 e. The van der Waals surface area contributed by atoms with Gasteiger partial charge in [0.15, 0.2) is 0 Å². The number of nitrogens with zero attached hydrogens (tertiary/aromatic N) is 2. The minimum absolute atomic E-state index is 0.546. The molecule has 1 aromatic heterocycles. The zero-order valence-electron chi connectivity index (χ0n) is 10.5. The Bertz CT molecular complexity index is 797. The summed E-state index contributed by atoms with van der Waals surface area (Å²) in [4.78, 5) is 4.51. The summed E-state index contributed by atoms with van der Waals surface area (Å²) >= 11 is 8.87. The number of hydrogen-bond donors (Lipinski definition) is 0. The highest BCUT2D eigenvalue weighted by molar-refractivity contribution is 9.10.